The lowest BCUT2D eigenvalue weighted by molar-refractivity contribution is 0.250. The molecule has 0 amide bonds. The summed E-state index contributed by atoms with van der Waals surface area (Å²) in [6, 6.07) is 14.2. The first-order valence-corrected chi connectivity index (χ1v) is 11.0. The first-order chi connectivity index (χ1) is 14.7. The highest BCUT2D eigenvalue weighted by Crippen LogP contribution is 2.33. The average Bonchev–Trinajstić information content (AvgIpc) is 3.19. The van der Waals surface area contributed by atoms with Gasteiger partial charge in [-0.1, -0.05) is 24.3 Å². The molecule has 0 saturated carbocycles. The van der Waals surface area contributed by atoms with E-state index >= 15 is 0 Å². The number of hydrogen-bond acceptors (Lipinski definition) is 7. The van der Waals surface area contributed by atoms with Crippen molar-refractivity contribution in [2.75, 3.05) is 31.1 Å². The van der Waals surface area contributed by atoms with Crippen molar-refractivity contribution >= 4 is 27.2 Å². The number of hydrogen-bond donors (Lipinski definition) is 1. The summed E-state index contributed by atoms with van der Waals surface area (Å²) >= 11 is 1.50. The van der Waals surface area contributed by atoms with Crippen LogP contribution >= 0.6 is 11.3 Å². The van der Waals surface area contributed by atoms with Crippen molar-refractivity contribution in [1.29, 1.82) is 0 Å². The van der Waals surface area contributed by atoms with Crippen molar-refractivity contribution in [2.24, 2.45) is 0 Å². The van der Waals surface area contributed by atoms with Crippen molar-refractivity contribution < 1.29 is 5.11 Å². The Bertz CT molecular complexity index is 1170. The molecule has 1 aliphatic rings. The second-order valence-electron chi connectivity index (χ2n) is 7.57. The normalized spacial score (nSPS) is 15.0. The van der Waals surface area contributed by atoms with Crippen molar-refractivity contribution in [3.63, 3.8) is 0 Å². The number of rotatable bonds is 4. The van der Waals surface area contributed by atoms with Crippen LogP contribution in [0, 0.1) is 6.92 Å². The number of nitrogens with zero attached hydrogens (tertiary/aromatic N) is 5. The third kappa shape index (κ3) is 3.62. The quantitative estimate of drug-likeness (QED) is 0.540. The molecule has 0 unspecified atom stereocenters. The van der Waals surface area contributed by atoms with Gasteiger partial charge in [0.25, 0.3) is 0 Å². The summed E-state index contributed by atoms with van der Waals surface area (Å²) < 4.78 is 0.739. The molecule has 0 radical (unpaired) electrons. The van der Waals surface area contributed by atoms with E-state index in [2.05, 4.69) is 56.3 Å². The molecule has 1 fully saturated rings. The lowest BCUT2D eigenvalue weighted by Gasteiger charge is -2.36. The molecule has 0 aliphatic carbocycles. The second-order valence-corrected chi connectivity index (χ2v) is 8.45. The van der Waals surface area contributed by atoms with Crippen LogP contribution in [0.1, 0.15) is 11.1 Å². The number of fused-ring (bicyclic) bond motifs is 1. The number of piperazine rings is 1. The summed E-state index contributed by atoms with van der Waals surface area (Å²) in [7, 11) is 0. The minimum atomic E-state index is 0.0290. The summed E-state index contributed by atoms with van der Waals surface area (Å²) in [6.45, 7) is 6.99. The van der Waals surface area contributed by atoms with Gasteiger partial charge in [0.15, 0.2) is 5.82 Å². The van der Waals surface area contributed by atoms with E-state index < -0.39 is 0 Å². The molecule has 7 heteroatoms. The highest BCUT2D eigenvalue weighted by molar-refractivity contribution is 7.17. The van der Waals surface area contributed by atoms with Crippen molar-refractivity contribution in [3.8, 4) is 17.4 Å². The zero-order valence-electron chi connectivity index (χ0n) is 16.8. The lowest BCUT2D eigenvalue weighted by Crippen LogP contribution is -2.46. The Kier molecular flexibility index (Phi) is 5.06. The van der Waals surface area contributed by atoms with E-state index in [4.69, 9.17) is 4.98 Å². The van der Waals surface area contributed by atoms with Gasteiger partial charge in [0, 0.05) is 50.2 Å². The smallest absolute Gasteiger partial charge is 0.233 e. The van der Waals surface area contributed by atoms with E-state index in [1.54, 1.807) is 6.20 Å². The first kappa shape index (κ1) is 19.0. The molecule has 0 bridgehead atoms. The number of aromatic hydroxyl groups is 1. The van der Waals surface area contributed by atoms with Crippen LogP contribution in [-0.2, 0) is 6.54 Å². The fourth-order valence-corrected chi connectivity index (χ4v) is 4.86. The molecule has 152 valence electrons. The molecular formula is C23H23N5OS. The van der Waals surface area contributed by atoms with Crippen LogP contribution in [0.4, 0.5) is 5.69 Å². The summed E-state index contributed by atoms with van der Waals surface area (Å²) in [6.07, 6.45) is 1.71. The molecule has 3 aromatic heterocycles. The van der Waals surface area contributed by atoms with Gasteiger partial charge in [-0.2, -0.15) is 4.98 Å². The van der Waals surface area contributed by atoms with E-state index in [0.29, 0.717) is 11.5 Å². The monoisotopic (exact) mass is 417 g/mol. The SMILES string of the molecule is Cc1ccccc1N1CCN(Cc2csc3c(O)nc(-c4ccccn4)nc23)CC1. The molecule has 4 heterocycles. The Hall–Kier alpha value is -3.03. The van der Waals surface area contributed by atoms with Gasteiger partial charge in [-0.25, -0.2) is 4.98 Å². The molecule has 4 aromatic rings. The van der Waals surface area contributed by atoms with Crippen LogP contribution in [0.25, 0.3) is 21.7 Å². The standard InChI is InChI=1S/C23H23N5OS/c1-16-6-2-3-8-19(16)28-12-10-27(11-13-28)14-17-15-30-21-20(17)25-22(26-23(21)29)18-7-4-5-9-24-18/h2-9,15H,10-14H2,1H3,(H,25,26,29). The Morgan fingerprint density at radius 1 is 1.00 bits per heavy atom. The zero-order valence-corrected chi connectivity index (χ0v) is 17.6. The first-order valence-electron chi connectivity index (χ1n) is 10.1. The largest absolute Gasteiger partial charge is 0.492 e. The van der Waals surface area contributed by atoms with Gasteiger partial charge in [-0.3, -0.25) is 9.88 Å². The van der Waals surface area contributed by atoms with Crippen molar-refractivity contribution in [3.05, 3.63) is 65.2 Å². The molecule has 1 aromatic carbocycles. The third-order valence-corrected chi connectivity index (χ3v) is 6.60. The minimum absolute atomic E-state index is 0.0290. The minimum Gasteiger partial charge on any atom is -0.492 e. The van der Waals surface area contributed by atoms with Crippen LogP contribution < -0.4 is 4.90 Å². The van der Waals surface area contributed by atoms with E-state index in [0.717, 1.165) is 48.5 Å². The fraction of sp³-hybridized carbons (Fsp3) is 0.261. The van der Waals surface area contributed by atoms with Gasteiger partial charge in [-0.05, 0) is 36.1 Å². The van der Waals surface area contributed by atoms with Gasteiger partial charge < -0.3 is 10.0 Å². The van der Waals surface area contributed by atoms with Gasteiger partial charge in [-0.15, -0.1) is 11.3 Å². The van der Waals surface area contributed by atoms with Crippen LogP contribution in [0.3, 0.4) is 0 Å². The number of anilines is 1. The second kappa shape index (κ2) is 8.01. The van der Waals surface area contributed by atoms with Crippen LogP contribution in [0.5, 0.6) is 5.88 Å². The van der Waals surface area contributed by atoms with Gasteiger partial charge in [0.2, 0.25) is 5.88 Å². The predicted octanol–water partition coefficient (Wildman–Crippen LogP) is 4.09. The molecular weight excluding hydrogens is 394 g/mol. The summed E-state index contributed by atoms with van der Waals surface area (Å²) in [5, 5.41) is 12.5. The molecule has 1 saturated heterocycles. The predicted molar refractivity (Wildman–Crippen MR) is 121 cm³/mol. The Morgan fingerprint density at radius 2 is 1.80 bits per heavy atom. The number of aryl methyl sites for hydroxylation is 1. The van der Waals surface area contributed by atoms with Crippen LogP contribution in [0.15, 0.2) is 54.0 Å². The topological polar surface area (TPSA) is 65.4 Å². The van der Waals surface area contributed by atoms with Gasteiger partial charge in [0.1, 0.15) is 10.4 Å². The summed E-state index contributed by atoms with van der Waals surface area (Å²) in [5.74, 6) is 0.492. The Morgan fingerprint density at radius 3 is 2.57 bits per heavy atom. The molecule has 5 rings (SSSR count). The molecule has 1 aliphatic heterocycles. The van der Waals surface area contributed by atoms with Crippen LogP contribution in [-0.4, -0.2) is 51.1 Å². The maximum Gasteiger partial charge on any atom is 0.233 e. The van der Waals surface area contributed by atoms with E-state index in [-0.39, 0.29) is 5.88 Å². The van der Waals surface area contributed by atoms with E-state index in [1.165, 1.54) is 22.6 Å². The summed E-state index contributed by atoms with van der Waals surface area (Å²) in [5.41, 5.74) is 5.28. The molecule has 30 heavy (non-hydrogen) atoms. The van der Waals surface area contributed by atoms with Crippen LogP contribution in [0.2, 0.25) is 0 Å². The third-order valence-electron chi connectivity index (χ3n) is 5.59. The number of para-hydroxylation sites is 1. The van der Waals surface area contributed by atoms with Gasteiger partial charge >= 0.3 is 0 Å². The zero-order chi connectivity index (χ0) is 20.5. The van der Waals surface area contributed by atoms with Gasteiger partial charge in [0.05, 0.1) is 5.52 Å². The fourth-order valence-electron chi connectivity index (χ4n) is 3.98. The number of benzene rings is 1. The molecule has 1 N–H and O–H groups in total. The highest BCUT2D eigenvalue weighted by atomic mass is 32.1. The maximum absolute atomic E-state index is 10.4. The molecule has 6 nitrogen and oxygen atoms in total. The lowest BCUT2D eigenvalue weighted by atomic mass is 10.1. The number of thiophene rings is 1. The van der Waals surface area contributed by atoms with Crippen molar-refractivity contribution in [2.45, 2.75) is 13.5 Å². The average molecular weight is 418 g/mol. The number of pyridine rings is 1. The molecule has 0 spiro atoms. The van der Waals surface area contributed by atoms with E-state index in [9.17, 15) is 5.11 Å². The Labute approximate surface area is 179 Å². The maximum atomic E-state index is 10.4. The summed E-state index contributed by atoms with van der Waals surface area (Å²) in [4.78, 5) is 18.2. The highest BCUT2D eigenvalue weighted by Gasteiger charge is 2.21. The molecule has 0 atom stereocenters. The van der Waals surface area contributed by atoms with E-state index in [1.807, 2.05) is 18.2 Å². The Balaban J connectivity index is 1.35. The van der Waals surface area contributed by atoms with Crippen molar-refractivity contribution in [1.82, 2.24) is 19.9 Å². The number of aromatic nitrogens is 3.